The van der Waals surface area contributed by atoms with Gasteiger partial charge in [-0.05, 0) is 91.2 Å². The lowest BCUT2D eigenvalue weighted by Gasteiger charge is -2.27. The van der Waals surface area contributed by atoms with E-state index >= 15 is 4.39 Å². The van der Waals surface area contributed by atoms with Gasteiger partial charge in [0.2, 0.25) is 0 Å². The molecule has 1 aliphatic rings. The summed E-state index contributed by atoms with van der Waals surface area (Å²) < 4.78 is 45.0. The third kappa shape index (κ3) is 7.65. The number of rotatable bonds is 12. The Hall–Kier alpha value is -2.81. The molecule has 208 valence electrons. The third-order valence-electron chi connectivity index (χ3n) is 8.42. The van der Waals surface area contributed by atoms with E-state index in [1.54, 1.807) is 30.3 Å². The fourth-order valence-corrected chi connectivity index (χ4v) is 6.05. The predicted octanol–water partition coefficient (Wildman–Crippen LogP) is 11.6. The molecule has 0 aliphatic heterocycles. The van der Waals surface area contributed by atoms with Gasteiger partial charge in [-0.25, -0.2) is 13.2 Å². The first-order valence-corrected chi connectivity index (χ1v) is 15.0. The van der Waals surface area contributed by atoms with E-state index in [1.165, 1.54) is 25.7 Å². The zero-order valence-electron chi connectivity index (χ0n) is 23.6. The van der Waals surface area contributed by atoms with E-state index in [9.17, 15) is 8.78 Å². The lowest BCUT2D eigenvalue weighted by Crippen LogP contribution is -2.12. The van der Waals surface area contributed by atoms with Crippen molar-refractivity contribution in [2.45, 2.75) is 96.8 Å². The van der Waals surface area contributed by atoms with Crippen LogP contribution in [-0.4, -0.2) is 0 Å². The predicted molar refractivity (Wildman–Crippen MR) is 158 cm³/mol. The van der Waals surface area contributed by atoms with Crippen molar-refractivity contribution in [1.82, 2.24) is 0 Å². The van der Waals surface area contributed by atoms with E-state index in [-0.39, 0.29) is 17.3 Å². The van der Waals surface area contributed by atoms with Crippen LogP contribution in [0.4, 0.5) is 13.2 Å². The normalized spacial score (nSPS) is 17.7. The molecule has 0 radical (unpaired) electrons. The number of allylic oxidation sites excluding steroid dienone is 2. The van der Waals surface area contributed by atoms with E-state index in [0.29, 0.717) is 23.5 Å². The Kier molecular flexibility index (Phi) is 10.9. The standard InChI is InChI=1S/C36H43F3/c1-3-5-6-7-8-9-10-12-30-21-24-33(36(39)35(30)38)29-19-17-27(18-20-29)31-22-23-32(34(37)25-31)28-15-13-26(11-4-2)14-16-28/h4,11,17-26,28H,3,5-10,12-16H2,1-2H3. The first kappa shape index (κ1) is 29.2. The van der Waals surface area contributed by atoms with Crippen LogP contribution in [0, 0.1) is 23.4 Å². The van der Waals surface area contributed by atoms with Gasteiger partial charge in [-0.2, -0.15) is 0 Å². The Morgan fingerprint density at radius 3 is 2.00 bits per heavy atom. The molecule has 3 aromatic carbocycles. The Labute approximate surface area is 233 Å². The summed E-state index contributed by atoms with van der Waals surface area (Å²) in [4.78, 5) is 0. The molecule has 0 aromatic heterocycles. The van der Waals surface area contributed by atoms with Crippen LogP contribution in [0.5, 0.6) is 0 Å². The Bertz CT molecular complexity index is 1220. The fraction of sp³-hybridized carbons (Fsp3) is 0.444. The Morgan fingerprint density at radius 1 is 0.692 bits per heavy atom. The van der Waals surface area contributed by atoms with Crippen LogP contribution >= 0.6 is 0 Å². The first-order valence-electron chi connectivity index (χ1n) is 15.0. The van der Waals surface area contributed by atoms with E-state index in [0.717, 1.165) is 61.6 Å². The van der Waals surface area contributed by atoms with Gasteiger partial charge in [-0.3, -0.25) is 0 Å². The summed E-state index contributed by atoms with van der Waals surface area (Å²) in [5.74, 6) is -0.792. The van der Waals surface area contributed by atoms with Gasteiger partial charge in [-0.15, -0.1) is 0 Å². The van der Waals surface area contributed by atoms with Crippen LogP contribution in [-0.2, 0) is 6.42 Å². The third-order valence-corrected chi connectivity index (χ3v) is 8.42. The molecule has 1 fully saturated rings. The highest BCUT2D eigenvalue weighted by molar-refractivity contribution is 5.71. The van der Waals surface area contributed by atoms with Crippen molar-refractivity contribution in [3.8, 4) is 22.3 Å². The van der Waals surface area contributed by atoms with Crippen LogP contribution in [0.15, 0.2) is 66.7 Å². The van der Waals surface area contributed by atoms with Crippen molar-refractivity contribution in [3.05, 3.63) is 95.3 Å². The minimum atomic E-state index is -0.789. The molecular weight excluding hydrogens is 489 g/mol. The van der Waals surface area contributed by atoms with Crippen molar-refractivity contribution >= 4 is 0 Å². The van der Waals surface area contributed by atoms with Crippen molar-refractivity contribution in [2.75, 3.05) is 0 Å². The molecule has 0 bridgehead atoms. The van der Waals surface area contributed by atoms with E-state index in [1.807, 2.05) is 24.3 Å². The van der Waals surface area contributed by atoms with Crippen molar-refractivity contribution in [2.24, 2.45) is 5.92 Å². The molecule has 1 saturated carbocycles. The molecule has 3 aromatic rings. The monoisotopic (exact) mass is 532 g/mol. The largest absolute Gasteiger partial charge is 0.207 e. The average Bonchev–Trinajstić information content (AvgIpc) is 2.95. The van der Waals surface area contributed by atoms with Gasteiger partial charge >= 0.3 is 0 Å². The molecule has 0 saturated heterocycles. The molecule has 1 aliphatic carbocycles. The molecule has 39 heavy (non-hydrogen) atoms. The van der Waals surface area contributed by atoms with Crippen molar-refractivity contribution < 1.29 is 13.2 Å². The molecule has 0 amide bonds. The van der Waals surface area contributed by atoms with E-state index in [2.05, 4.69) is 26.0 Å². The van der Waals surface area contributed by atoms with Gasteiger partial charge in [0.1, 0.15) is 5.82 Å². The lowest BCUT2D eigenvalue weighted by molar-refractivity contribution is 0.368. The second kappa shape index (κ2) is 14.5. The zero-order valence-corrected chi connectivity index (χ0v) is 23.6. The highest BCUT2D eigenvalue weighted by Gasteiger charge is 2.23. The Morgan fingerprint density at radius 2 is 1.33 bits per heavy atom. The number of halogens is 3. The lowest BCUT2D eigenvalue weighted by atomic mass is 9.78. The maximum Gasteiger partial charge on any atom is 0.166 e. The summed E-state index contributed by atoms with van der Waals surface area (Å²) in [6, 6.07) is 16.2. The van der Waals surface area contributed by atoms with Gasteiger partial charge in [-0.1, -0.05) is 106 Å². The van der Waals surface area contributed by atoms with Crippen LogP contribution in [0.3, 0.4) is 0 Å². The van der Waals surface area contributed by atoms with E-state index < -0.39 is 11.6 Å². The number of unbranched alkanes of at least 4 members (excludes halogenated alkanes) is 6. The number of hydrogen-bond donors (Lipinski definition) is 0. The topological polar surface area (TPSA) is 0 Å². The number of aryl methyl sites for hydroxylation is 1. The van der Waals surface area contributed by atoms with Crippen molar-refractivity contribution in [3.63, 3.8) is 0 Å². The highest BCUT2D eigenvalue weighted by atomic mass is 19.2. The first-order chi connectivity index (χ1) is 19.0. The summed E-state index contributed by atoms with van der Waals surface area (Å²) in [6.07, 6.45) is 17.2. The molecule has 0 N–H and O–H groups in total. The number of benzene rings is 3. The summed E-state index contributed by atoms with van der Waals surface area (Å²) in [5.41, 5.74) is 3.79. The van der Waals surface area contributed by atoms with Gasteiger partial charge in [0.25, 0.3) is 0 Å². The average molecular weight is 533 g/mol. The molecular formula is C36H43F3. The van der Waals surface area contributed by atoms with Crippen LogP contribution in [0.2, 0.25) is 0 Å². The second-order valence-corrected chi connectivity index (χ2v) is 11.2. The number of hydrogen-bond acceptors (Lipinski definition) is 0. The van der Waals surface area contributed by atoms with Gasteiger partial charge in [0, 0.05) is 5.56 Å². The van der Waals surface area contributed by atoms with Gasteiger partial charge in [0.15, 0.2) is 11.6 Å². The van der Waals surface area contributed by atoms with Crippen LogP contribution in [0.1, 0.15) is 102 Å². The summed E-state index contributed by atoms with van der Waals surface area (Å²) in [5, 5.41) is 0. The van der Waals surface area contributed by atoms with Gasteiger partial charge in [0.05, 0.1) is 0 Å². The minimum absolute atomic E-state index is 0.157. The SMILES string of the molecule is CC=CC1CCC(c2ccc(-c3ccc(-c4ccc(CCCCCCCCC)c(F)c4F)cc3)cc2F)CC1. The maximum atomic E-state index is 15.1. The molecule has 0 nitrogen and oxygen atoms in total. The molecule has 0 heterocycles. The summed E-state index contributed by atoms with van der Waals surface area (Å²) in [6.45, 7) is 4.26. The quantitative estimate of drug-likeness (QED) is 0.161. The molecule has 4 rings (SSSR count). The Balaban J connectivity index is 1.38. The summed E-state index contributed by atoms with van der Waals surface area (Å²) >= 11 is 0. The summed E-state index contributed by atoms with van der Waals surface area (Å²) in [7, 11) is 0. The second-order valence-electron chi connectivity index (χ2n) is 11.2. The molecule has 0 spiro atoms. The molecule has 3 heteroatoms. The maximum absolute atomic E-state index is 15.1. The molecule has 0 unspecified atom stereocenters. The zero-order chi connectivity index (χ0) is 27.6. The fourth-order valence-electron chi connectivity index (χ4n) is 6.05. The minimum Gasteiger partial charge on any atom is -0.207 e. The van der Waals surface area contributed by atoms with E-state index in [4.69, 9.17) is 0 Å². The van der Waals surface area contributed by atoms with Crippen LogP contribution < -0.4 is 0 Å². The van der Waals surface area contributed by atoms with Gasteiger partial charge < -0.3 is 0 Å². The van der Waals surface area contributed by atoms with Crippen molar-refractivity contribution in [1.29, 1.82) is 0 Å². The molecule has 0 atom stereocenters. The van der Waals surface area contributed by atoms with Crippen LogP contribution in [0.25, 0.3) is 22.3 Å². The smallest absolute Gasteiger partial charge is 0.166 e. The highest BCUT2D eigenvalue weighted by Crippen LogP contribution is 2.38.